The third kappa shape index (κ3) is 6.91. The lowest BCUT2D eigenvalue weighted by Crippen LogP contribution is -2.54. The SMILES string of the molecule is COc1nc(-c2cccc(-c3cccc(-c4ccc(CN5CC6(CCC(=O)C6)C5)c(OC)n4)c3Cl)c2Cl)ccc1CCC[C@@H]1CCC(=O)N1. The van der Waals surface area contributed by atoms with E-state index in [1.54, 1.807) is 14.2 Å². The molecule has 1 N–H and O–H groups in total. The quantitative estimate of drug-likeness (QED) is 0.170. The van der Waals surface area contributed by atoms with Crippen molar-refractivity contribution in [3.05, 3.63) is 81.8 Å². The van der Waals surface area contributed by atoms with Crippen LogP contribution in [0.1, 0.15) is 56.1 Å². The van der Waals surface area contributed by atoms with Gasteiger partial charge in [-0.3, -0.25) is 14.5 Å². The average molecular weight is 700 g/mol. The average Bonchev–Trinajstić information content (AvgIpc) is 3.70. The Hall–Kier alpha value is -3.98. The van der Waals surface area contributed by atoms with Gasteiger partial charge in [-0.1, -0.05) is 71.7 Å². The van der Waals surface area contributed by atoms with E-state index in [0.29, 0.717) is 58.2 Å². The summed E-state index contributed by atoms with van der Waals surface area (Å²) in [7, 11) is 3.27. The lowest BCUT2D eigenvalue weighted by molar-refractivity contribution is -0.120. The number of nitrogens with zero attached hydrogens (tertiary/aromatic N) is 3. The summed E-state index contributed by atoms with van der Waals surface area (Å²) in [5, 5.41) is 4.12. The number of aryl methyl sites for hydroxylation is 1. The number of methoxy groups -OCH3 is 2. The molecule has 1 atom stereocenters. The minimum absolute atomic E-state index is 0.141. The first-order valence-corrected chi connectivity index (χ1v) is 17.7. The van der Waals surface area contributed by atoms with Crippen LogP contribution in [-0.2, 0) is 22.6 Å². The first-order chi connectivity index (χ1) is 23.8. The molecule has 1 aliphatic carbocycles. The number of hydrogen-bond acceptors (Lipinski definition) is 7. The predicted molar refractivity (Wildman–Crippen MR) is 192 cm³/mol. The monoisotopic (exact) mass is 698 g/mol. The van der Waals surface area contributed by atoms with Crippen LogP contribution in [0.15, 0.2) is 60.7 Å². The zero-order valence-electron chi connectivity index (χ0n) is 27.9. The Morgan fingerprint density at radius 1 is 0.816 bits per heavy atom. The molecule has 3 fully saturated rings. The third-order valence-electron chi connectivity index (χ3n) is 10.2. The van der Waals surface area contributed by atoms with Crippen LogP contribution in [0.25, 0.3) is 33.6 Å². The summed E-state index contributed by atoms with van der Waals surface area (Å²) in [5.74, 6) is 1.67. The molecular formula is C39H40Cl2N4O4. The number of rotatable bonds is 11. The number of pyridine rings is 2. The molecule has 254 valence electrons. The molecule has 0 unspecified atom stereocenters. The number of aromatic nitrogens is 2. The second-order valence-corrected chi connectivity index (χ2v) is 14.4. The number of ketones is 1. The maximum absolute atomic E-state index is 11.9. The van der Waals surface area contributed by atoms with Gasteiger partial charge >= 0.3 is 0 Å². The number of benzene rings is 2. The van der Waals surface area contributed by atoms with Crippen LogP contribution < -0.4 is 14.8 Å². The van der Waals surface area contributed by atoms with Crippen molar-refractivity contribution >= 4 is 34.9 Å². The van der Waals surface area contributed by atoms with Crippen molar-refractivity contribution in [2.75, 3.05) is 27.3 Å². The smallest absolute Gasteiger partial charge is 0.220 e. The van der Waals surface area contributed by atoms with Crippen LogP contribution in [0.4, 0.5) is 0 Å². The number of ether oxygens (including phenoxy) is 2. The van der Waals surface area contributed by atoms with E-state index in [9.17, 15) is 9.59 Å². The van der Waals surface area contributed by atoms with E-state index in [4.69, 9.17) is 42.6 Å². The van der Waals surface area contributed by atoms with Gasteiger partial charge in [-0.15, -0.1) is 0 Å². The summed E-state index contributed by atoms with van der Waals surface area (Å²) < 4.78 is 11.4. The summed E-state index contributed by atoms with van der Waals surface area (Å²) in [5.41, 5.74) is 6.74. The van der Waals surface area contributed by atoms with E-state index < -0.39 is 0 Å². The molecule has 2 aromatic heterocycles. The van der Waals surface area contributed by atoms with Gasteiger partial charge in [-0.2, -0.15) is 0 Å². The van der Waals surface area contributed by atoms with Crippen molar-refractivity contribution < 1.29 is 19.1 Å². The molecular weight excluding hydrogens is 659 g/mol. The van der Waals surface area contributed by atoms with Gasteiger partial charge in [0.1, 0.15) is 5.78 Å². The van der Waals surface area contributed by atoms with Crippen LogP contribution in [0.5, 0.6) is 11.8 Å². The third-order valence-corrected chi connectivity index (χ3v) is 11.0. The molecule has 1 spiro atoms. The lowest BCUT2D eigenvalue weighted by atomic mass is 9.78. The number of Topliss-reactive ketones (excluding diaryl/α,β-unsaturated/α-hetero) is 1. The maximum atomic E-state index is 11.9. The number of likely N-dealkylation sites (tertiary alicyclic amines) is 1. The molecule has 8 nitrogen and oxygen atoms in total. The molecule has 4 aromatic rings. The van der Waals surface area contributed by atoms with Crippen LogP contribution in [0.3, 0.4) is 0 Å². The Kier molecular flexibility index (Phi) is 9.64. The summed E-state index contributed by atoms with van der Waals surface area (Å²) in [6.45, 7) is 2.60. The second kappa shape index (κ2) is 14.1. The Balaban J connectivity index is 1.10. The number of carbonyl (C=O) groups excluding carboxylic acids is 2. The molecule has 4 heterocycles. The molecule has 49 heavy (non-hydrogen) atoms. The van der Waals surface area contributed by atoms with Crippen LogP contribution in [0, 0.1) is 5.41 Å². The highest BCUT2D eigenvalue weighted by atomic mass is 35.5. The van der Waals surface area contributed by atoms with Crippen molar-refractivity contribution in [2.24, 2.45) is 5.41 Å². The number of hydrogen-bond donors (Lipinski definition) is 1. The molecule has 7 rings (SSSR count). The van der Waals surface area contributed by atoms with Crippen molar-refractivity contribution in [1.29, 1.82) is 0 Å². The van der Waals surface area contributed by atoms with Gasteiger partial charge in [-0.05, 0) is 44.2 Å². The van der Waals surface area contributed by atoms with E-state index in [2.05, 4.69) is 16.3 Å². The van der Waals surface area contributed by atoms with Gasteiger partial charge in [0, 0.05) is 83.7 Å². The van der Waals surface area contributed by atoms with E-state index in [0.717, 1.165) is 85.1 Å². The Morgan fingerprint density at radius 3 is 1.96 bits per heavy atom. The Bertz CT molecular complexity index is 1910. The fourth-order valence-electron chi connectivity index (χ4n) is 7.74. The van der Waals surface area contributed by atoms with Crippen LogP contribution in [-0.4, -0.2) is 59.9 Å². The summed E-state index contributed by atoms with van der Waals surface area (Å²) in [6, 6.07) is 20.0. The summed E-state index contributed by atoms with van der Waals surface area (Å²) in [6.07, 6.45) is 6.60. The van der Waals surface area contributed by atoms with E-state index in [1.807, 2.05) is 54.6 Å². The first-order valence-electron chi connectivity index (χ1n) is 17.0. The van der Waals surface area contributed by atoms with Crippen LogP contribution in [0.2, 0.25) is 10.0 Å². The highest BCUT2D eigenvalue weighted by Gasteiger charge is 2.47. The summed E-state index contributed by atoms with van der Waals surface area (Å²) in [4.78, 5) is 35.5. The fraction of sp³-hybridized carbons (Fsp3) is 0.385. The molecule has 1 amide bonds. The van der Waals surface area contributed by atoms with Crippen molar-refractivity contribution in [3.8, 4) is 45.4 Å². The van der Waals surface area contributed by atoms with E-state index >= 15 is 0 Å². The Morgan fingerprint density at radius 2 is 1.41 bits per heavy atom. The standard InChI is InChI=1S/C39H40Cl2N4O4/c1-48-37-24(6-3-7-26-14-17-34(47)42-26)12-15-32(43-37)30-10-4-8-28(35(30)40)29-9-5-11-31(36(29)41)33-16-13-25(38(44-33)49-2)21-45-22-39(23-45)19-18-27(46)20-39/h4-5,8-13,15-16,26H,3,6-7,14,17-23H2,1-2H3,(H,42,47)/t26-/m1/s1. The van der Waals surface area contributed by atoms with Crippen molar-refractivity contribution in [2.45, 2.75) is 64.0 Å². The fourth-order valence-corrected chi connectivity index (χ4v) is 8.38. The molecule has 1 saturated carbocycles. The first kappa shape index (κ1) is 33.5. The van der Waals surface area contributed by atoms with Gasteiger partial charge < -0.3 is 14.8 Å². The molecule has 2 saturated heterocycles. The zero-order chi connectivity index (χ0) is 34.1. The Labute approximate surface area is 297 Å². The molecule has 2 aliphatic heterocycles. The van der Waals surface area contributed by atoms with Crippen LogP contribution >= 0.6 is 23.2 Å². The molecule has 3 aliphatic rings. The topological polar surface area (TPSA) is 93.7 Å². The van der Waals surface area contributed by atoms with Crippen molar-refractivity contribution in [3.63, 3.8) is 0 Å². The van der Waals surface area contributed by atoms with Gasteiger partial charge in [0.15, 0.2) is 0 Å². The maximum Gasteiger partial charge on any atom is 0.220 e. The highest BCUT2D eigenvalue weighted by molar-refractivity contribution is 6.39. The highest BCUT2D eigenvalue weighted by Crippen LogP contribution is 2.45. The molecule has 2 aromatic carbocycles. The minimum Gasteiger partial charge on any atom is -0.481 e. The van der Waals surface area contributed by atoms with Gasteiger partial charge in [0.05, 0.1) is 35.7 Å². The molecule has 0 bridgehead atoms. The number of amides is 1. The van der Waals surface area contributed by atoms with Gasteiger partial charge in [-0.25, -0.2) is 9.97 Å². The molecule has 0 radical (unpaired) electrons. The van der Waals surface area contributed by atoms with E-state index in [1.165, 1.54) is 0 Å². The second-order valence-electron chi connectivity index (χ2n) is 13.6. The number of halogens is 2. The predicted octanol–water partition coefficient (Wildman–Crippen LogP) is 7.96. The lowest BCUT2D eigenvalue weighted by Gasteiger charge is -2.48. The number of carbonyl (C=O) groups is 2. The van der Waals surface area contributed by atoms with Gasteiger partial charge in [0.2, 0.25) is 17.7 Å². The van der Waals surface area contributed by atoms with Crippen molar-refractivity contribution in [1.82, 2.24) is 20.2 Å². The normalized spacial score (nSPS) is 18.5. The molecule has 10 heteroatoms. The number of nitrogens with one attached hydrogen (secondary N) is 1. The zero-order valence-corrected chi connectivity index (χ0v) is 29.4. The van der Waals surface area contributed by atoms with Gasteiger partial charge in [0.25, 0.3) is 0 Å². The summed E-state index contributed by atoms with van der Waals surface area (Å²) >= 11 is 14.2. The minimum atomic E-state index is 0.141. The van der Waals surface area contributed by atoms with E-state index in [-0.39, 0.29) is 17.4 Å². The largest absolute Gasteiger partial charge is 0.481 e.